The van der Waals surface area contributed by atoms with Gasteiger partial charge in [0.1, 0.15) is 0 Å². The highest BCUT2D eigenvalue weighted by Gasteiger charge is 2.40. The summed E-state index contributed by atoms with van der Waals surface area (Å²) in [6, 6.07) is 11.9. The Bertz CT molecular complexity index is 390. The van der Waals surface area contributed by atoms with Crippen LogP contribution in [-0.4, -0.2) is 12.6 Å². The van der Waals surface area contributed by atoms with Gasteiger partial charge in [0, 0.05) is 11.5 Å². The normalized spacial score (nSPS) is 19.6. The van der Waals surface area contributed by atoms with Crippen molar-refractivity contribution in [3.8, 4) is 0 Å². The third kappa shape index (κ3) is 4.10. The molecule has 0 saturated heterocycles. The molecule has 1 nitrogen and oxygen atoms in total. The van der Waals surface area contributed by atoms with E-state index in [-0.39, 0.29) is 0 Å². The van der Waals surface area contributed by atoms with E-state index in [1.54, 1.807) is 5.56 Å². The van der Waals surface area contributed by atoms with E-state index in [0.717, 1.165) is 12.5 Å². The minimum atomic E-state index is 0.360. The van der Waals surface area contributed by atoms with E-state index in [0.29, 0.717) is 11.5 Å². The fourth-order valence-electron chi connectivity index (χ4n) is 4.09. The zero-order valence-electron chi connectivity index (χ0n) is 14.2. The Hall–Kier alpha value is -0.820. The summed E-state index contributed by atoms with van der Waals surface area (Å²) in [7, 11) is 0. The molecule has 21 heavy (non-hydrogen) atoms. The molecule has 2 rings (SSSR count). The molecule has 1 fully saturated rings. The second-order valence-corrected chi connectivity index (χ2v) is 7.22. The summed E-state index contributed by atoms with van der Waals surface area (Å²) in [4.78, 5) is 0. The van der Waals surface area contributed by atoms with Crippen LogP contribution in [0.15, 0.2) is 30.3 Å². The molecule has 0 heterocycles. The lowest BCUT2D eigenvalue weighted by molar-refractivity contribution is 0.191. The molecule has 1 aliphatic carbocycles. The van der Waals surface area contributed by atoms with Crippen LogP contribution < -0.4 is 5.32 Å². The van der Waals surface area contributed by atoms with Crippen molar-refractivity contribution >= 4 is 0 Å². The van der Waals surface area contributed by atoms with Gasteiger partial charge in [0.05, 0.1) is 0 Å². The summed E-state index contributed by atoms with van der Waals surface area (Å²) in [6.45, 7) is 8.14. The van der Waals surface area contributed by atoms with Crippen molar-refractivity contribution in [2.45, 2.75) is 77.2 Å². The molecule has 1 heteroatoms. The predicted molar refractivity (Wildman–Crippen MR) is 92.7 cm³/mol. The van der Waals surface area contributed by atoms with Gasteiger partial charge in [0.25, 0.3) is 0 Å². The van der Waals surface area contributed by atoms with Crippen LogP contribution in [0.4, 0.5) is 0 Å². The Morgan fingerprint density at radius 2 is 1.71 bits per heavy atom. The highest BCUT2D eigenvalue weighted by Crippen LogP contribution is 2.43. The van der Waals surface area contributed by atoms with E-state index >= 15 is 0 Å². The topological polar surface area (TPSA) is 12.0 Å². The third-order valence-electron chi connectivity index (χ3n) is 5.11. The summed E-state index contributed by atoms with van der Waals surface area (Å²) in [5.41, 5.74) is 1.93. The van der Waals surface area contributed by atoms with E-state index in [2.05, 4.69) is 56.4 Å². The monoisotopic (exact) mass is 287 g/mol. The van der Waals surface area contributed by atoms with E-state index in [4.69, 9.17) is 0 Å². The fourth-order valence-corrected chi connectivity index (χ4v) is 4.09. The average Bonchev–Trinajstić information content (AvgIpc) is 2.52. The van der Waals surface area contributed by atoms with Crippen molar-refractivity contribution in [2.24, 2.45) is 5.92 Å². The SMILES string of the molecule is CCCNC(CC(C)C)C1(c2ccccc2)CCCCC1. The van der Waals surface area contributed by atoms with Crippen LogP contribution in [0.3, 0.4) is 0 Å². The van der Waals surface area contributed by atoms with Crippen molar-refractivity contribution in [1.29, 1.82) is 0 Å². The Balaban J connectivity index is 2.31. The van der Waals surface area contributed by atoms with Crippen LogP contribution in [0.1, 0.15) is 71.3 Å². The number of nitrogens with one attached hydrogen (secondary N) is 1. The maximum absolute atomic E-state index is 3.91. The van der Waals surface area contributed by atoms with Gasteiger partial charge in [-0.15, -0.1) is 0 Å². The van der Waals surface area contributed by atoms with Crippen LogP contribution in [0, 0.1) is 5.92 Å². The second-order valence-electron chi connectivity index (χ2n) is 7.22. The molecule has 1 N–H and O–H groups in total. The largest absolute Gasteiger partial charge is 0.313 e. The first-order valence-corrected chi connectivity index (χ1v) is 8.98. The quantitative estimate of drug-likeness (QED) is 0.717. The fraction of sp³-hybridized carbons (Fsp3) is 0.700. The van der Waals surface area contributed by atoms with Crippen molar-refractivity contribution in [1.82, 2.24) is 5.32 Å². The van der Waals surface area contributed by atoms with E-state index in [1.165, 1.54) is 44.9 Å². The van der Waals surface area contributed by atoms with Gasteiger partial charge in [-0.05, 0) is 43.7 Å². The predicted octanol–water partition coefficient (Wildman–Crippen LogP) is 5.30. The van der Waals surface area contributed by atoms with Crippen LogP contribution in [0.2, 0.25) is 0 Å². The molecule has 0 spiro atoms. The molecular formula is C20H33N. The van der Waals surface area contributed by atoms with E-state index < -0.39 is 0 Å². The van der Waals surface area contributed by atoms with Gasteiger partial charge in [-0.25, -0.2) is 0 Å². The third-order valence-corrected chi connectivity index (χ3v) is 5.11. The standard InChI is InChI=1S/C20H33N/c1-4-15-21-19(16-17(2)3)20(13-9-6-10-14-20)18-11-7-5-8-12-18/h5,7-8,11-12,17,19,21H,4,6,9-10,13-16H2,1-3H3. The Labute approximate surface area is 131 Å². The highest BCUT2D eigenvalue weighted by atomic mass is 14.9. The van der Waals surface area contributed by atoms with E-state index in [1.807, 2.05) is 0 Å². The molecule has 1 aliphatic rings. The first-order chi connectivity index (χ1) is 10.2. The minimum Gasteiger partial charge on any atom is -0.313 e. The molecule has 1 aromatic carbocycles. The smallest absolute Gasteiger partial charge is 0.0166 e. The van der Waals surface area contributed by atoms with Gasteiger partial charge in [-0.2, -0.15) is 0 Å². The van der Waals surface area contributed by atoms with Gasteiger partial charge in [0.2, 0.25) is 0 Å². The van der Waals surface area contributed by atoms with Crippen LogP contribution in [-0.2, 0) is 5.41 Å². The molecule has 1 saturated carbocycles. The van der Waals surface area contributed by atoms with Gasteiger partial charge in [-0.1, -0.05) is 70.4 Å². The summed E-state index contributed by atoms with van der Waals surface area (Å²) in [6.07, 6.45) is 9.40. The second kappa shape index (κ2) is 7.98. The molecule has 118 valence electrons. The van der Waals surface area contributed by atoms with Crippen molar-refractivity contribution in [2.75, 3.05) is 6.54 Å². The van der Waals surface area contributed by atoms with Crippen molar-refractivity contribution < 1.29 is 0 Å². The molecule has 0 radical (unpaired) electrons. The number of hydrogen-bond acceptors (Lipinski definition) is 1. The van der Waals surface area contributed by atoms with Crippen LogP contribution in [0.25, 0.3) is 0 Å². The molecular weight excluding hydrogens is 254 g/mol. The van der Waals surface area contributed by atoms with Gasteiger partial charge < -0.3 is 5.32 Å². The first kappa shape index (κ1) is 16.5. The molecule has 1 unspecified atom stereocenters. The lowest BCUT2D eigenvalue weighted by atomic mass is 9.63. The number of benzene rings is 1. The number of hydrogen-bond donors (Lipinski definition) is 1. The Morgan fingerprint density at radius 3 is 2.29 bits per heavy atom. The maximum atomic E-state index is 3.91. The molecule has 0 aromatic heterocycles. The lowest BCUT2D eigenvalue weighted by Crippen LogP contribution is -2.50. The van der Waals surface area contributed by atoms with E-state index in [9.17, 15) is 0 Å². The summed E-state index contributed by atoms with van der Waals surface area (Å²) < 4.78 is 0. The molecule has 0 bridgehead atoms. The average molecular weight is 287 g/mol. The maximum Gasteiger partial charge on any atom is 0.0166 e. The van der Waals surface area contributed by atoms with Crippen LogP contribution >= 0.6 is 0 Å². The zero-order chi connectivity index (χ0) is 15.1. The Kier molecular flexibility index (Phi) is 6.29. The molecule has 0 amide bonds. The lowest BCUT2D eigenvalue weighted by Gasteiger charge is -2.45. The van der Waals surface area contributed by atoms with Gasteiger partial charge in [0.15, 0.2) is 0 Å². The van der Waals surface area contributed by atoms with Crippen LogP contribution in [0.5, 0.6) is 0 Å². The molecule has 1 aromatic rings. The van der Waals surface area contributed by atoms with Gasteiger partial charge in [-0.3, -0.25) is 0 Å². The molecule has 1 atom stereocenters. The first-order valence-electron chi connectivity index (χ1n) is 8.98. The summed E-state index contributed by atoms with van der Waals surface area (Å²) in [5, 5.41) is 3.91. The molecule has 0 aliphatic heterocycles. The summed E-state index contributed by atoms with van der Waals surface area (Å²) in [5.74, 6) is 0.752. The Morgan fingerprint density at radius 1 is 1.05 bits per heavy atom. The van der Waals surface area contributed by atoms with Crippen molar-refractivity contribution in [3.63, 3.8) is 0 Å². The zero-order valence-corrected chi connectivity index (χ0v) is 14.2. The van der Waals surface area contributed by atoms with Gasteiger partial charge >= 0.3 is 0 Å². The number of rotatable bonds is 7. The van der Waals surface area contributed by atoms with Crippen molar-refractivity contribution in [3.05, 3.63) is 35.9 Å². The minimum absolute atomic E-state index is 0.360. The highest BCUT2D eigenvalue weighted by molar-refractivity contribution is 5.28. The summed E-state index contributed by atoms with van der Waals surface area (Å²) >= 11 is 0.